The first-order chi connectivity index (χ1) is 16.8. The number of rotatable bonds is 6. The van der Waals surface area contributed by atoms with E-state index in [1.54, 1.807) is 0 Å². The average molecular weight is 525 g/mol. The van der Waals surface area contributed by atoms with Gasteiger partial charge in [0.1, 0.15) is 11.3 Å². The predicted molar refractivity (Wildman–Crippen MR) is 120 cm³/mol. The molecule has 3 N–H and O–H groups in total. The van der Waals surface area contributed by atoms with Crippen LogP contribution in [0.25, 0.3) is 16.9 Å². The summed E-state index contributed by atoms with van der Waals surface area (Å²) in [6, 6.07) is 10.6. The molecule has 2 heterocycles. The average Bonchev–Trinajstić information content (AvgIpc) is 3.21. The maximum Gasteiger partial charge on any atom is 0.416 e. The molecule has 14 heteroatoms. The number of hydrogen-bond donors (Lipinski definition) is 2. The van der Waals surface area contributed by atoms with Crippen LogP contribution in [0.2, 0.25) is 0 Å². The van der Waals surface area contributed by atoms with Crippen LogP contribution >= 0.6 is 0 Å². The van der Waals surface area contributed by atoms with Crippen molar-refractivity contribution in [1.29, 1.82) is 0 Å². The van der Waals surface area contributed by atoms with Crippen LogP contribution in [-0.2, 0) is 22.0 Å². The number of carbonyl (C=O) groups excluding carboxylic acids is 1. The Morgan fingerprint density at radius 3 is 2.39 bits per heavy atom. The maximum atomic E-state index is 13.8. The number of alkyl halides is 5. The minimum atomic E-state index is -4.58. The molecule has 0 radical (unpaired) electrons. The molecule has 2 aromatic heterocycles. The Bertz CT molecular complexity index is 1550. The number of amides is 1. The second kappa shape index (κ2) is 9.28. The Balaban J connectivity index is 1.72. The number of anilines is 1. The Kier molecular flexibility index (Phi) is 6.49. The summed E-state index contributed by atoms with van der Waals surface area (Å²) in [5.41, 5.74) is -1.44. The number of hydrogen-bond acceptors (Lipinski definition) is 5. The molecule has 4 rings (SSSR count). The maximum absolute atomic E-state index is 13.8. The third-order valence-electron chi connectivity index (χ3n) is 5.03. The molecule has 0 bridgehead atoms. The normalized spacial score (nSPS) is 12.3. The van der Waals surface area contributed by atoms with E-state index in [-0.39, 0.29) is 28.2 Å². The highest BCUT2D eigenvalue weighted by Crippen LogP contribution is 2.32. The van der Waals surface area contributed by atoms with Crippen LogP contribution in [0, 0.1) is 0 Å². The Morgan fingerprint density at radius 1 is 1.08 bits per heavy atom. The number of benzene rings is 2. The summed E-state index contributed by atoms with van der Waals surface area (Å²) < 4.78 is 89.6. The molecule has 188 valence electrons. The molecule has 36 heavy (non-hydrogen) atoms. The van der Waals surface area contributed by atoms with E-state index in [9.17, 15) is 35.2 Å². The number of halogens is 5. The zero-order chi connectivity index (χ0) is 26.3. The van der Waals surface area contributed by atoms with Crippen molar-refractivity contribution in [3.63, 3.8) is 0 Å². The lowest BCUT2D eigenvalue weighted by molar-refractivity contribution is -0.137. The van der Waals surface area contributed by atoms with Gasteiger partial charge in [-0.05, 0) is 35.9 Å². The van der Waals surface area contributed by atoms with E-state index in [0.29, 0.717) is 5.56 Å². The quantitative estimate of drug-likeness (QED) is 0.362. The van der Waals surface area contributed by atoms with Crippen LogP contribution in [-0.4, -0.2) is 28.9 Å². The summed E-state index contributed by atoms with van der Waals surface area (Å²) in [5.74, 6) is -1.25. The molecule has 0 atom stereocenters. The minimum Gasteiger partial charge on any atom is -0.322 e. The number of sulfonamides is 1. The molecule has 0 saturated carbocycles. The monoisotopic (exact) mass is 525 g/mol. The first kappa shape index (κ1) is 25.2. The first-order valence-corrected chi connectivity index (χ1v) is 11.8. The molecule has 0 saturated heterocycles. The van der Waals surface area contributed by atoms with Crippen LogP contribution in [0.3, 0.4) is 0 Å². The number of nitrogens with one attached hydrogen (secondary N) is 1. The predicted octanol–water partition coefficient (Wildman–Crippen LogP) is 4.39. The second-order valence-electron chi connectivity index (χ2n) is 7.70. The number of fused-ring (bicyclic) bond motifs is 1. The topological polar surface area (TPSA) is 119 Å². The summed E-state index contributed by atoms with van der Waals surface area (Å²) >= 11 is 0. The molecule has 0 fully saturated rings. The molecule has 2 aromatic carbocycles. The summed E-state index contributed by atoms with van der Waals surface area (Å²) in [5, 5.41) is 11.4. The summed E-state index contributed by atoms with van der Waals surface area (Å²) in [6.45, 7) is 0. The van der Waals surface area contributed by atoms with E-state index < -0.39 is 45.5 Å². The van der Waals surface area contributed by atoms with Crippen LogP contribution in [0.15, 0.2) is 60.8 Å². The van der Waals surface area contributed by atoms with Gasteiger partial charge in [-0.25, -0.2) is 31.8 Å². The smallest absolute Gasteiger partial charge is 0.322 e. The third-order valence-corrected chi connectivity index (χ3v) is 5.76. The first-order valence-electron chi connectivity index (χ1n) is 10.1. The summed E-state index contributed by atoms with van der Waals surface area (Å²) in [4.78, 5) is 17.1. The molecule has 0 aliphatic heterocycles. The van der Waals surface area contributed by atoms with Crippen LogP contribution in [0.5, 0.6) is 0 Å². The van der Waals surface area contributed by atoms with Crippen LogP contribution < -0.4 is 10.5 Å². The zero-order valence-electron chi connectivity index (χ0n) is 18.0. The van der Waals surface area contributed by atoms with Crippen molar-refractivity contribution in [3.8, 4) is 11.3 Å². The number of aromatic nitrogens is 3. The highest BCUT2D eigenvalue weighted by molar-refractivity contribution is 7.88. The van der Waals surface area contributed by atoms with E-state index >= 15 is 0 Å². The SMILES string of the molecule is NS(=O)(=O)Cc1cccc(NC(=O)c2cnn3c(C(F)F)cc(-c4ccc(C(F)(F)F)cc4)nc23)c1. The standard InChI is InChI=1S/C22H16F5N5O3S/c23-19(24)18-9-17(13-4-6-14(7-5-13)22(25,26)27)31-20-16(10-29-32(18)20)21(33)30-15-3-1-2-12(8-15)11-36(28,34)35/h1-10,19H,11H2,(H,30,33)(H2,28,34,35). The Hall–Kier alpha value is -3.91. The number of nitrogens with zero attached hydrogens (tertiary/aromatic N) is 3. The number of nitrogens with two attached hydrogens (primary N) is 1. The van der Waals surface area contributed by atoms with Gasteiger partial charge in [-0.3, -0.25) is 4.79 Å². The molecule has 0 unspecified atom stereocenters. The van der Waals surface area contributed by atoms with Gasteiger partial charge >= 0.3 is 6.18 Å². The van der Waals surface area contributed by atoms with Crippen molar-refractivity contribution < 1.29 is 35.2 Å². The van der Waals surface area contributed by atoms with Gasteiger partial charge in [0.25, 0.3) is 12.3 Å². The third kappa shape index (κ3) is 5.49. The van der Waals surface area contributed by atoms with Crippen LogP contribution in [0.4, 0.5) is 27.6 Å². The Labute approximate surface area is 200 Å². The summed E-state index contributed by atoms with van der Waals surface area (Å²) in [6.07, 6.45) is -6.59. The Morgan fingerprint density at radius 2 is 1.78 bits per heavy atom. The van der Waals surface area contributed by atoms with Gasteiger partial charge in [-0.15, -0.1) is 0 Å². The van der Waals surface area contributed by atoms with Crippen LogP contribution in [0.1, 0.15) is 33.6 Å². The van der Waals surface area contributed by atoms with E-state index in [0.717, 1.165) is 41.0 Å². The molecule has 4 aromatic rings. The second-order valence-corrected chi connectivity index (χ2v) is 9.31. The largest absolute Gasteiger partial charge is 0.416 e. The lowest BCUT2D eigenvalue weighted by atomic mass is 10.1. The number of primary sulfonamides is 1. The van der Waals surface area contributed by atoms with Crippen molar-refractivity contribution in [1.82, 2.24) is 14.6 Å². The van der Waals surface area contributed by atoms with Crippen molar-refractivity contribution >= 4 is 27.3 Å². The zero-order valence-corrected chi connectivity index (χ0v) is 18.8. The lowest BCUT2D eigenvalue weighted by Gasteiger charge is -2.10. The minimum absolute atomic E-state index is 0.0868. The van der Waals surface area contributed by atoms with Gasteiger partial charge in [0, 0.05) is 11.3 Å². The van der Waals surface area contributed by atoms with Crippen molar-refractivity contribution in [3.05, 3.63) is 83.2 Å². The number of carbonyl (C=O) groups is 1. The van der Waals surface area contributed by atoms with Gasteiger partial charge in [-0.2, -0.15) is 18.3 Å². The van der Waals surface area contributed by atoms with Gasteiger partial charge in [0.05, 0.1) is 23.2 Å². The van der Waals surface area contributed by atoms with Gasteiger partial charge in [0.15, 0.2) is 5.65 Å². The van der Waals surface area contributed by atoms with E-state index in [2.05, 4.69) is 15.4 Å². The van der Waals surface area contributed by atoms with Gasteiger partial charge < -0.3 is 5.32 Å². The summed E-state index contributed by atoms with van der Waals surface area (Å²) in [7, 11) is -3.82. The van der Waals surface area contributed by atoms with E-state index in [1.165, 1.54) is 24.3 Å². The molecule has 0 spiro atoms. The van der Waals surface area contributed by atoms with Crippen molar-refractivity contribution in [2.45, 2.75) is 18.4 Å². The van der Waals surface area contributed by atoms with E-state index in [4.69, 9.17) is 5.14 Å². The highest BCUT2D eigenvalue weighted by Gasteiger charge is 2.30. The van der Waals surface area contributed by atoms with Crippen molar-refractivity contribution in [2.75, 3.05) is 5.32 Å². The molecule has 1 amide bonds. The molecular formula is C22H16F5N5O3S. The van der Waals surface area contributed by atoms with Gasteiger partial charge in [0.2, 0.25) is 10.0 Å². The fraction of sp³-hybridized carbons (Fsp3) is 0.136. The molecular weight excluding hydrogens is 509 g/mol. The van der Waals surface area contributed by atoms with Crippen molar-refractivity contribution in [2.24, 2.45) is 5.14 Å². The molecule has 0 aliphatic carbocycles. The lowest BCUT2D eigenvalue weighted by Crippen LogP contribution is -2.15. The fourth-order valence-corrected chi connectivity index (χ4v) is 4.09. The fourth-order valence-electron chi connectivity index (χ4n) is 3.45. The molecule has 0 aliphatic rings. The van der Waals surface area contributed by atoms with E-state index in [1.807, 2.05) is 0 Å². The highest BCUT2D eigenvalue weighted by atomic mass is 32.2. The van der Waals surface area contributed by atoms with Gasteiger partial charge in [-0.1, -0.05) is 24.3 Å². The molecule has 8 nitrogen and oxygen atoms in total.